The summed E-state index contributed by atoms with van der Waals surface area (Å²) in [4.78, 5) is 0. The maximum Gasteiger partial charge on any atom is 2.00 e. The van der Waals surface area contributed by atoms with Crippen molar-refractivity contribution < 1.29 is 49.4 Å². The summed E-state index contributed by atoms with van der Waals surface area (Å²) >= 11 is 0. The second-order valence-electron chi connectivity index (χ2n) is 2.02. The number of anilines is 1. The van der Waals surface area contributed by atoms with Crippen LogP contribution in [0.25, 0.3) is 0 Å². The summed E-state index contributed by atoms with van der Waals surface area (Å²) in [5, 5.41) is 11.5. The number of aliphatic hydroxyl groups excluding tert-OH is 1. The fourth-order valence-corrected chi connectivity index (χ4v) is 0.756. The van der Waals surface area contributed by atoms with Crippen LogP contribution in [0.5, 0.6) is 0 Å². The largest absolute Gasteiger partial charge is 2.00 e. The summed E-state index contributed by atoms with van der Waals surface area (Å²) in [5.41, 5.74) is 1.05. The number of halogens is 2. The van der Waals surface area contributed by atoms with E-state index in [0.29, 0.717) is 6.54 Å². The van der Waals surface area contributed by atoms with Gasteiger partial charge in [0, 0.05) is 12.2 Å². The molecule has 0 bridgehead atoms. The first-order chi connectivity index (χ1) is 4.93. The second kappa shape index (κ2) is 12.2. The Balaban J connectivity index is -0.000000333. The molecule has 13 heavy (non-hydrogen) atoms. The molecular weight excluding hydrogens is 262 g/mol. The number of hydrogen-bond donors (Lipinski definition) is 2. The molecule has 1 aromatic rings. The molecule has 70 valence electrons. The predicted octanol–water partition coefficient (Wildman–Crippen LogP) is -4.90. The Kier molecular flexibility index (Phi) is 17.7. The Morgan fingerprint density at radius 3 is 2.08 bits per heavy atom. The third kappa shape index (κ3) is 8.51. The molecule has 0 aliphatic carbocycles. The first kappa shape index (κ1) is 18.9. The van der Waals surface area contributed by atoms with Crippen molar-refractivity contribution in [2.24, 2.45) is 0 Å². The molecule has 0 unspecified atom stereocenters. The fraction of sp³-hybridized carbons (Fsp3) is 0.250. The van der Waals surface area contributed by atoms with Gasteiger partial charge in [0.25, 0.3) is 0 Å². The van der Waals surface area contributed by atoms with E-state index < -0.39 is 0 Å². The second-order valence-corrected chi connectivity index (χ2v) is 2.02. The van der Waals surface area contributed by atoms with Gasteiger partial charge in [-0.15, -0.1) is 0 Å². The van der Waals surface area contributed by atoms with Crippen LogP contribution in [0.15, 0.2) is 30.3 Å². The summed E-state index contributed by atoms with van der Waals surface area (Å²) in [6.07, 6.45) is 0. The maximum absolute atomic E-state index is 8.47. The third-order valence-electron chi connectivity index (χ3n) is 1.21. The molecule has 0 radical (unpaired) electrons. The zero-order valence-corrected chi connectivity index (χ0v) is 11.7. The van der Waals surface area contributed by atoms with E-state index >= 15 is 0 Å². The summed E-state index contributed by atoms with van der Waals surface area (Å²) in [6.45, 7) is 0.791. The minimum Gasteiger partial charge on any atom is -1.00 e. The summed E-state index contributed by atoms with van der Waals surface area (Å²) < 4.78 is 0. The molecule has 0 atom stereocenters. The molecule has 0 aromatic heterocycles. The fourth-order valence-electron chi connectivity index (χ4n) is 0.756. The summed E-state index contributed by atoms with van der Waals surface area (Å²) in [5.74, 6) is 0. The molecule has 0 spiro atoms. The van der Waals surface area contributed by atoms with Gasteiger partial charge in [-0.25, -0.2) is 0 Å². The SMILES string of the molecule is OCCNc1ccccc1.[Cl-].[Cl-].[Zn+2]. The average molecular weight is 273 g/mol. The molecule has 0 saturated carbocycles. The molecule has 5 heteroatoms. The van der Waals surface area contributed by atoms with Crippen molar-refractivity contribution in [3.05, 3.63) is 30.3 Å². The van der Waals surface area contributed by atoms with E-state index in [-0.39, 0.29) is 50.9 Å². The Morgan fingerprint density at radius 1 is 1.08 bits per heavy atom. The molecule has 1 rings (SSSR count). The van der Waals surface area contributed by atoms with Crippen LogP contribution in [0.4, 0.5) is 5.69 Å². The van der Waals surface area contributed by atoms with Gasteiger partial charge in [0.05, 0.1) is 6.61 Å². The zero-order chi connectivity index (χ0) is 7.23. The number of rotatable bonds is 3. The standard InChI is InChI=1S/C8H11NO.2ClH.Zn/c10-7-6-9-8-4-2-1-3-5-8;;;/h1-5,9-10H,6-7H2;2*1H;/q;;;+2/p-2. The minimum atomic E-state index is 0. The van der Waals surface area contributed by atoms with E-state index in [0.717, 1.165) is 5.69 Å². The van der Waals surface area contributed by atoms with Gasteiger partial charge >= 0.3 is 19.5 Å². The number of para-hydroxylation sites is 1. The Hall–Kier alpha value is 0.183. The molecular formula is C8H11Cl2NOZn. The maximum atomic E-state index is 8.47. The van der Waals surface area contributed by atoms with Crippen molar-refractivity contribution in [1.29, 1.82) is 0 Å². The molecule has 0 aliphatic heterocycles. The van der Waals surface area contributed by atoms with E-state index in [1.807, 2.05) is 30.3 Å². The molecule has 2 nitrogen and oxygen atoms in total. The van der Waals surface area contributed by atoms with Gasteiger partial charge in [-0.1, -0.05) is 18.2 Å². The quantitative estimate of drug-likeness (QED) is 0.541. The normalized spacial score (nSPS) is 7.15. The summed E-state index contributed by atoms with van der Waals surface area (Å²) in [6, 6.07) is 9.81. The predicted molar refractivity (Wildman–Crippen MR) is 42.0 cm³/mol. The van der Waals surface area contributed by atoms with Crippen LogP contribution >= 0.6 is 0 Å². The van der Waals surface area contributed by atoms with Crippen LogP contribution in [-0.4, -0.2) is 18.3 Å². The van der Waals surface area contributed by atoms with Crippen molar-refractivity contribution in [3.63, 3.8) is 0 Å². The van der Waals surface area contributed by atoms with Gasteiger partial charge in [0.1, 0.15) is 0 Å². The Labute approximate surface area is 104 Å². The average Bonchev–Trinajstić information content (AvgIpc) is 2.03. The van der Waals surface area contributed by atoms with Crippen molar-refractivity contribution in [3.8, 4) is 0 Å². The molecule has 0 amide bonds. The first-order valence-corrected chi connectivity index (χ1v) is 3.33. The van der Waals surface area contributed by atoms with Crippen LogP contribution in [-0.2, 0) is 19.5 Å². The third-order valence-corrected chi connectivity index (χ3v) is 1.21. The molecule has 0 aliphatic rings. The van der Waals surface area contributed by atoms with Gasteiger partial charge in [-0.05, 0) is 12.1 Å². The number of hydrogen-bond acceptors (Lipinski definition) is 2. The van der Waals surface area contributed by atoms with Crippen LogP contribution in [0.1, 0.15) is 0 Å². The molecule has 0 fully saturated rings. The van der Waals surface area contributed by atoms with Gasteiger partial charge < -0.3 is 35.2 Å². The molecule has 0 saturated heterocycles. The number of aliphatic hydroxyl groups is 1. The van der Waals surface area contributed by atoms with Gasteiger partial charge in [0.15, 0.2) is 0 Å². The van der Waals surface area contributed by atoms with E-state index in [1.165, 1.54) is 0 Å². The van der Waals surface area contributed by atoms with E-state index in [4.69, 9.17) is 5.11 Å². The van der Waals surface area contributed by atoms with Crippen LogP contribution in [0.2, 0.25) is 0 Å². The van der Waals surface area contributed by atoms with Crippen molar-refractivity contribution in [2.45, 2.75) is 0 Å². The Bertz CT molecular complexity index is 187. The Morgan fingerprint density at radius 2 is 1.62 bits per heavy atom. The summed E-state index contributed by atoms with van der Waals surface area (Å²) in [7, 11) is 0. The van der Waals surface area contributed by atoms with Crippen molar-refractivity contribution >= 4 is 5.69 Å². The van der Waals surface area contributed by atoms with Gasteiger partial charge in [-0.2, -0.15) is 0 Å². The number of nitrogens with one attached hydrogen (secondary N) is 1. The van der Waals surface area contributed by atoms with Crippen LogP contribution in [0.3, 0.4) is 0 Å². The van der Waals surface area contributed by atoms with Crippen molar-refractivity contribution in [2.75, 3.05) is 18.5 Å². The monoisotopic (exact) mass is 271 g/mol. The van der Waals surface area contributed by atoms with E-state index in [2.05, 4.69) is 5.32 Å². The molecule has 0 heterocycles. The molecule has 2 N–H and O–H groups in total. The topological polar surface area (TPSA) is 32.3 Å². The minimum absolute atomic E-state index is 0. The molecule has 1 aromatic carbocycles. The number of benzene rings is 1. The van der Waals surface area contributed by atoms with Gasteiger partial charge in [-0.3, -0.25) is 0 Å². The van der Waals surface area contributed by atoms with E-state index in [1.54, 1.807) is 0 Å². The first-order valence-electron chi connectivity index (χ1n) is 3.33. The zero-order valence-electron chi connectivity index (χ0n) is 7.21. The van der Waals surface area contributed by atoms with Crippen LogP contribution in [0, 0.1) is 0 Å². The van der Waals surface area contributed by atoms with Crippen LogP contribution < -0.4 is 30.1 Å². The van der Waals surface area contributed by atoms with E-state index in [9.17, 15) is 0 Å². The smallest absolute Gasteiger partial charge is 1.00 e. The van der Waals surface area contributed by atoms with Crippen molar-refractivity contribution in [1.82, 2.24) is 0 Å². The van der Waals surface area contributed by atoms with Gasteiger partial charge in [0.2, 0.25) is 0 Å².